The van der Waals surface area contributed by atoms with Gasteiger partial charge < -0.3 is 15.0 Å². The largest absolute Gasteiger partial charge is 0.496 e. The molecule has 0 bridgehead atoms. The zero-order valence-electron chi connectivity index (χ0n) is 16.3. The molecule has 3 aromatic carbocycles. The maximum atomic E-state index is 12.8. The molecule has 5 nitrogen and oxygen atoms in total. The van der Waals surface area contributed by atoms with Crippen molar-refractivity contribution in [3.63, 3.8) is 0 Å². The van der Waals surface area contributed by atoms with Crippen molar-refractivity contribution in [1.82, 2.24) is 15.3 Å². The zero-order valence-corrected chi connectivity index (χ0v) is 16.3. The summed E-state index contributed by atoms with van der Waals surface area (Å²) in [6.45, 7) is 0. The average Bonchev–Trinajstić information content (AvgIpc) is 3.24. The smallest absolute Gasteiger partial charge is 0.221 e. The number of aryl methyl sites for hydroxylation is 1. The maximum absolute atomic E-state index is 12.8. The number of fused-ring (bicyclic) bond motifs is 1. The summed E-state index contributed by atoms with van der Waals surface area (Å²) in [4.78, 5) is 20.2. The van der Waals surface area contributed by atoms with E-state index in [1.165, 1.54) is 0 Å². The van der Waals surface area contributed by atoms with Gasteiger partial charge in [-0.05, 0) is 41.3 Å². The lowest BCUT2D eigenvalue weighted by atomic mass is 9.97. The van der Waals surface area contributed by atoms with E-state index >= 15 is 0 Å². The highest BCUT2D eigenvalue weighted by atomic mass is 16.5. The van der Waals surface area contributed by atoms with E-state index < -0.39 is 0 Å². The van der Waals surface area contributed by atoms with Crippen molar-refractivity contribution >= 4 is 16.9 Å². The van der Waals surface area contributed by atoms with Crippen LogP contribution < -0.4 is 10.1 Å². The molecular weight excluding hydrogens is 362 g/mol. The molecule has 0 saturated heterocycles. The first kappa shape index (κ1) is 18.7. The lowest BCUT2D eigenvalue weighted by molar-refractivity contribution is -0.121. The van der Waals surface area contributed by atoms with Gasteiger partial charge in [0.25, 0.3) is 0 Å². The first-order valence-electron chi connectivity index (χ1n) is 9.64. The summed E-state index contributed by atoms with van der Waals surface area (Å²) in [6, 6.07) is 23.6. The molecule has 146 valence electrons. The highest BCUT2D eigenvalue weighted by molar-refractivity contribution is 5.79. The van der Waals surface area contributed by atoms with Crippen LogP contribution in [0.5, 0.6) is 5.75 Å². The van der Waals surface area contributed by atoms with Gasteiger partial charge in [-0.25, -0.2) is 4.98 Å². The van der Waals surface area contributed by atoms with Crippen molar-refractivity contribution in [2.75, 3.05) is 7.11 Å². The van der Waals surface area contributed by atoms with Crippen molar-refractivity contribution in [1.29, 1.82) is 0 Å². The Morgan fingerprint density at radius 2 is 1.83 bits per heavy atom. The van der Waals surface area contributed by atoms with E-state index in [1.54, 1.807) is 13.4 Å². The number of imidazole rings is 1. The molecule has 29 heavy (non-hydrogen) atoms. The Hall–Kier alpha value is -3.60. The monoisotopic (exact) mass is 385 g/mol. The molecule has 0 aliphatic carbocycles. The number of amides is 1. The molecule has 5 heteroatoms. The van der Waals surface area contributed by atoms with Crippen LogP contribution in [-0.2, 0) is 11.2 Å². The van der Waals surface area contributed by atoms with Gasteiger partial charge in [0.15, 0.2) is 0 Å². The second kappa shape index (κ2) is 8.61. The summed E-state index contributed by atoms with van der Waals surface area (Å²) in [5, 5.41) is 3.20. The number of aromatic amines is 1. The van der Waals surface area contributed by atoms with Crippen LogP contribution in [0.3, 0.4) is 0 Å². The van der Waals surface area contributed by atoms with Crippen molar-refractivity contribution in [3.05, 3.63) is 95.8 Å². The van der Waals surface area contributed by atoms with Gasteiger partial charge in [-0.1, -0.05) is 54.6 Å². The van der Waals surface area contributed by atoms with Crippen molar-refractivity contribution < 1.29 is 9.53 Å². The summed E-state index contributed by atoms with van der Waals surface area (Å²) < 4.78 is 5.39. The van der Waals surface area contributed by atoms with Crippen LogP contribution in [0.25, 0.3) is 11.0 Å². The summed E-state index contributed by atoms with van der Waals surface area (Å²) >= 11 is 0. The number of H-pyrrole nitrogens is 1. The van der Waals surface area contributed by atoms with E-state index in [-0.39, 0.29) is 11.9 Å². The Balaban J connectivity index is 1.54. The number of nitrogens with one attached hydrogen (secondary N) is 2. The molecule has 0 saturated carbocycles. The Labute approximate surface area is 169 Å². The molecule has 0 unspecified atom stereocenters. The van der Waals surface area contributed by atoms with Crippen LogP contribution in [0, 0.1) is 0 Å². The number of methoxy groups -OCH3 is 1. The molecule has 0 aliphatic heterocycles. The van der Waals surface area contributed by atoms with Gasteiger partial charge in [0.2, 0.25) is 5.91 Å². The van der Waals surface area contributed by atoms with Gasteiger partial charge in [-0.15, -0.1) is 0 Å². The predicted octanol–water partition coefficient (Wildman–Crippen LogP) is 4.41. The van der Waals surface area contributed by atoms with Crippen LogP contribution in [0.4, 0.5) is 0 Å². The molecule has 2 N–H and O–H groups in total. The van der Waals surface area contributed by atoms with Crippen molar-refractivity contribution in [2.45, 2.75) is 18.9 Å². The van der Waals surface area contributed by atoms with E-state index in [2.05, 4.69) is 15.3 Å². The van der Waals surface area contributed by atoms with Gasteiger partial charge in [0, 0.05) is 6.42 Å². The fourth-order valence-electron chi connectivity index (χ4n) is 3.53. The number of ether oxygens (including phenoxy) is 1. The van der Waals surface area contributed by atoms with Gasteiger partial charge in [-0.2, -0.15) is 0 Å². The van der Waals surface area contributed by atoms with E-state index in [4.69, 9.17) is 4.74 Å². The van der Waals surface area contributed by atoms with E-state index in [0.717, 1.165) is 33.5 Å². The average molecular weight is 385 g/mol. The molecule has 0 aliphatic rings. The Bertz CT molecular complexity index is 1110. The number of para-hydroxylation sites is 1. The molecule has 1 heterocycles. The summed E-state index contributed by atoms with van der Waals surface area (Å²) in [5.74, 6) is 0.805. The topological polar surface area (TPSA) is 67.0 Å². The first-order valence-corrected chi connectivity index (χ1v) is 9.64. The van der Waals surface area contributed by atoms with Crippen LogP contribution in [0.1, 0.15) is 29.2 Å². The van der Waals surface area contributed by atoms with Gasteiger partial charge in [0.05, 0.1) is 30.5 Å². The molecule has 0 radical (unpaired) electrons. The third-order valence-electron chi connectivity index (χ3n) is 5.03. The Morgan fingerprint density at radius 1 is 1.03 bits per heavy atom. The molecule has 1 atom stereocenters. The van der Waals surface area contributed by atoms with Crippen LogP contribution in [0.15, 0.2) is 79.1 Å². The molecule has 0 spiro atoms. The molecule has 4 aromatic rings. The minimum absolute atomic E-state index is 0.00512. The minimum atomic E-state index is -0.228. The third-order valence-corrected chi connectivity index (χ3v) is 5.03. The van der Waals surface area contributed by atoms with E-state index in [9.17, 15) is 4.79 Å². The summed E-state index contributed by atoms with van der Waals surface area (Å²) in [5.41, 5.74) is 4.94. The standard InChI is InChI=1S/C24H23N3O2/c1-29-22-10-6-5-7-17(22)12-14-23(28)27-24(18-8-3-2-4-9-18)19-11-13-20-21(15-19)26-16-25-20/h2-11,13,15-16,24H,12,14H2,1H3,(H,25,26)(H,27,28)/t24-/m1/s1. The van der Waals surface area contributed by atoms with Crippen molar-refractivity contribution in [3.8, 4) is 5.75 Å². The molecule has 4 rings (SSSR count). The van der Waals surface area contributed by atoms with Crippen LogP contribution >= 0.6 is 0 Å². The quantitative estimate of drug-likeness (QED) is 0.495. The zero-order chi connectivity index (χ0) is 20.1. The fourth-order valence-corrected chi connectivity index (χ4v) is 3.53. The van der Waals surface area contributed by atoms with Gasteiger partial charge in [0.1, 0.15) is 5.75 Å². The predicted molar refractivity (Wildman–Crippen MR) is 114 cm³/mol. The highest BCUT2D eigenvalue weighted by Crippen LogP contribution is 2.25. The van der Waals surface area contributed by atoms with E-state index in [0.29, 0.717) is 12.8 Å². The number of aromatic nitrogens is 2. The third kappa shape index (κ3) is 4.29. The number of nitrogens with zero attached hydrogens (tertiary/aromatic N) is 1. The Morgan fingerprint density at radius 3 is 2.66 bits per heavy atom. The van der Waals surface area contributed by atoms with Crippen LogP contribution in [-0.4, -0.2) is 23.0 Å². The molecule has 0 fully saturated rings. The number of hydrogen-bond donors (Lipinski definition) is 2. The minimum Gasteiger partial charge on any atom is -0.496 e. The molecular formula is C24H23N3O2. The highest BCUT2D eigenvalue weighted by Gasteiger charge is 2.18. The van der Waals surface area contributed by atoms with Crippen molar-refractivity contribution in [2.24, 2.45) is 0 Å². The second-order valence-electron chi connectivity index (χ2n) is 6.90. The molecule has 1 amide bonds. The second-order valence-corrected chi connectivity index (χ2v) is 6.90. The Kier molecular flexibility index (Phi) is 5.56. The maximum Gasteiger partial charge on any atom is 0.221 e. The lowest BCUT2D eigenvalue weighted by Gasteiger charge is -2.20. The lowest BCUT2D eigenvalue weighted by Crippen LogP contribution is -2.29. The summed E-state index contributed by atoms with van der Waals surface area (Å²) in [6.07, 6.45) is 2.69. The van der Waals surface area contributed by atoms with Gasteiger partial charge >= 0.3 is 0 Å². The number of rotatable bonds is 7. The summed E-state index contributed by atoms with van der Waals surface area (Å²) in [7, 11) is 1.65. The SMILES string of the molecule is COc1ccccc1CCC(=O)N[C@H](c1ccccc1)c1ccc2nc[nH]c2c1. The number of carbonyl (C=O) groups is 1. The number of carbonyl (C=O) groups excluding carboxylic acids is 1. The van der Waals surface area contributed by atoms with E-state index in [1.807, 2.05) is 72.8 Å². The first-order chi connectivity index (χ1) is 14.2. The number of benzene rings is 3. The fraction of sp³-hybridized carbons (Fsp3) is 0.167. The van der Waals surface area contributed by atoms with Crippen LogP contribution in [0.2, 0.25) is 0 Å². The molecule has 1 aromatic heterocycles. The number of hydrogen-bond acceptors (Lipinski definition) is 3. The van der Waals surface area contributed by atoms with Gasteiger partial charge in [-0.3, -0.25) is 4.79 Å². The normalized spacial score (nSPS) is 11.9.